The molecule has 0 saturated heterocycles. The minimum atomic E-state index is -0.527. The van der Waals surface area contributed by atoms with E-state index in [2.05, 4.69) is 137 Å². The Hall–Kier alpha value is -6.14. The molecule has 0 spiro atoms. The Balaban J connectivity index is 1.10. The number of carbonyl (C=O) groups excluding carboxylic acids is 2. The lowest BCUT2D eigenvalue weighted by molar-refractivity contribution is -0.131. The van der Waals surface area contributed by atoms with E-state index < -0.39 is 11.9 Å². The van der Waals surface area contributed by atoms with Gasteiger partial charge in [-0.25, -0.2) is 9.59 Å². The minimum Gasteiger partial charge on any atom is -0.418 e. The number of rotatable bonds is 2. The molecular formula is C46H36N2O4. The lowest BCUT2D eigenvalue weighted by Crippen LogP contribution is -2.31. The molecule has 0 unspecified atom stereocenters. The molecule has 52 heavy (non-hydrogen) atoms. The normalized spacial score (nSPS) is 17.9. The van der Waals surface area contributed by atoms with Crippen LogP contribution in [0.25, 0.3) is 32.7 Å². The lowest BCUT2D eigenvalue weighted by atomic mass is 9.71. The summed E-state index contributed by atoms with van der Waals surface area (Å²) in [4.78, 5) is 31.9. The van der Waals surface area contributed by atoms with Crippen LogP contribution >= 0.6 is 0 Å². The first kappa shape index (κ1) is 30.7. The van der Waals surface area contributed by atoms with E-state index in [0.29, 0.717) is 11.1 Å². The van der Waals surface area contributed by atoms with Gasteiger partial charge in [0.25, 0.3) is 0 Å². The van der Waals surface area contributed by atoms with Gasteiger partial charge in [-0.05, 0) is 91.3 Å². The van der Waals surface area contributed by atoms with Crippen molar-refractivity contribution in [2.24, 2.45) is 0 Å². The highest BCUT2D eigenvalue weighted by Gasteiger charge is 2.46. The van der Waals surface area contributed by atoms with E-state index in [9.17, 15) is 9.59 Å². The summed E-state index contributed by atoms with van der Waals surface area (Å²) >= 11 is 0. The zero-order valence-corrected chi connectivity index (χ0v) is 29.9. The second-order valence-electron chi connectivity index (χ2n) is 15.4. The Labute approximate surface area is 302 Å². The Morgan fingerprint density at radius 2 is 0.865 bits per heavy atom. The van der Waals surface area contributed by atoms with Crippen molar-refractivity contribution in [3.05, 3.63) is 154 Å². The second-order valence-corrected chi connectivity index (χ2v) is 15.4. The highest BCUT2D eigenvalue weighted by atomic mass is 16.6. The maximum absolute atomic E-state index is 13.8. The van der Waals surface area contributed by atoms with E-state index in [1.54, 1.807) is 0 Å². The van der Waals surface area contributed by atoms with Gasteiger partial charge in [-0.3, -0.25) is 0 Å². The molecule has 254 valence electrons. The molecule has 0 fully saturated rings. The van der Waals surface area contributed by atoms with E-state index in [-0.39, 0.29) is 33.5 Å². The van der Waals surface area contributed by atoms with Crippen LogP contribution in [0.15, 0.2) is 121 Å². The zero-order valence-electron chi connectivity index (χ0n) is 29.9. The molecule has 6 aromatic carbocycles. The number of nitrogens with zero attached hydrogens (tertiary/aromatic N) is 2. The lowest BCUT2D eigenvalue weighted by Gasteiger charge is -2.41. The van der Waals surface area contributed by atoms with E-state index in [1.807, 2.05) is 24.3 Å². The van der Waals surface area contributed by atoms with Gasteiger partial charge in [0.05, 0.1) is 0 Å². The van der Waals surface area contributed by atoms with Crippen LogP contribution in [-0.2, 0) is 29.9 Å². The molecule has 0 bridgehead atoms. The number of carbonyl (C=O) groups is 2. The molecule has 0 radical (unpaired) electrons. The molecule has 0 aliphatic carbocycles. The highest BCUT2D eigenvalue weighted by Crippen LogP contribution is 2.54. The number of benzene rings is 6. The number of fused-ring (bicyclic) bond motifs is 9. The summed E-state index contributed by atoms with van der Waals surface area (Å²) in [7, 11) is 4.16. The summed E-state index contributed by atoms with van der Waals surface area (Å²) in [5.41, 5.74) is 10.1. The van der Waals surface area contributed by atoms with Gasteiger partial charge in [-0.1, -0.05) is 100 Å². The summed E-state index contributed by atoms with van der Waals surface area (Å²) in [5, 5.41) is 4.76. The molecule has 4 aliphatic rings. The molecule has 0 aromatic heterocycles. The maximum atomic E-state index is 13.8. The summed E-state index contributed by atoms with van der Waals surface area (Å²) in [6, 6.07) is 37.7. The van der Waals surface area contributed by atoms with Crippen molar-refractivity contribution >= 4 is 67.4 Å². The predicted molar refractivity (Wildman–Crippen MR) is 207 cm³/mol. The van der Waals surface area contributed by atoms with E-state index in [4.69, 9.17) is 9.47 Å². The summed E-state index contributed by atoms with van der Waals surface area (Å²) < 4.78 is 11.9. The zero-order chi connectivity index (χ0) is 35.8. The Morgan fingerprint density at radius 1 is 0.481 bits per heavy atom. The maximum Gasteiger partial charge on any atom is 0.348 e. The Kier molecular flexibility index (Phi) is 6.03. The first-order valence-electron chi connectivity index (χ1n) is 17.7. The number of ether oxygens (including phenoxy) is 2. The van der Waals surface area contributed by atoms with Crippen molar-refractivity contribution in [2.45, 2.75) is 38.5 Å². The minimum absolute atomic E-state index is 0.184. The quantitative estimate of drug-likeness (QED) is 0.170. The van der Waals surface area contributed by atoms with Crippen LogP contribution in [0, 0.1) is 0 Å². The fourth-order valence-corrected chi connectivity index (χ4v) is 9.28. The highest BCUT2D eigenvalue weighted by molar-refractivity contribution is 6.29. The Morgan fingerprint density at radius 3 is 1.29 bits per heavy atom. The third kappa shape index (κ3) is 3.89. The van der Waals surface area contributed by atoms with Crippen LogP contribution < -0.4 is 9.80 Å². The van der Waals surface area contributed by atoms with Crippen molar-refractivity contribution < 1.29 is 19.1 Å². The molecule has 0 saturated carbocycles. The number of anilines is 4. The van der Waals surface area contributed by atoms with Crippen molar-refractivity contribution in [2.75, 3.05) is 23.9 Å². The number of hydrogen-bond acceptors (Lipinski definition) is 6. The molecule has 6 nitrogen and oxygen atoms in total. The molecule has 0 atom stereocenters. The third-order valence-electron chi connectivity index (χ3n) is 11.9. The van der Waals surface area contributed by atoms with Gasteiger partial charge in [-0.15, -0.1) is 0 Å². The molecule has 0 amide bonds. The van der Waals surface area contributed by atoms with Gasteiger partial charge in [0.1, 0.15) is 11.1 Å². The monoisotopic (exact) mass is 680 g/mol. The first-order chi connectivity index (χ1) is 25.0. The van der Waals surface area contributed by atoms with Crippen LogP contribution in [0.2, 0.25) is 0 Å². The summed E-state index contributed by atoms with van der Waals surface area (Å²) in [5.74, 6) is -0.686. The smallest absolute Gasteiger partial charge is 0.348 e. The van der Waals surface area contributed by atoms with Crippen molar-refractivity contribution in [3.63, 3.8) is 0 Å². The van der Waals surface area contributed by atoms with Crippen LogP contribution in [0.3, 0.4) is 0 Å². The topological polar surface area (TPSA) is 59.1 Å². The molecule has 6 heteroatoms. The fourth-order valence-electron chi connectivity index (χ4n) is 9.28. The largest absolute Gasteiger partial charge is 0.418 e. The second kappa shape index (κ2) is 10.2. The van der Waals surface area contributed by atoms with Crippen LogP contribution in [-0.4, -0.2) is 26.0 Å². The number of esters is 2. The third-order valence-corrected chi connectivity index (χ3v) is 11.9. The molecule has 4 aliphatic heterocycles. The summed E-state index contributed by atoms with van der Waals surface area (Å²) in [6.07, 6.45) is 0. The molecule has 6 aromatic rings. The SMILES string of the molecule is CN1c2ccc(C3=C4OC(=O)C(c5ccc6c(c5)C(C)(C)c5c(ccc7ccccc57)N6C)=C4OC3=O)cc2C(C)(C)c2c1ccc1ccccc21. The molecule has 4 heterocycles. The van der Waals surface area contributed by atoms with Crippen LogP contribution in [0.5, 0.6) is 0 Å². The van der Waals surface area contributed by atoms with Crippen LogP contribution in [0.4, 0.5) is 22.7 Å². The van der Waals surface area contributed by atoms with Gasteiger partial charge < -0.3 is 19.3 Å². The van der Waals surface area contributed by atoms with Gasteiger partial charge in [0, 0.05) is 47.7 Å². The summed E-state index contributed by atoms with van der Waals surface area (Å²) in [6.45, 7) is 8.92. The Bertz CT molecular complexity index is 2530. The van der Waals surface area contributed by atoms with Crippen molar-refractivity contribution in [1.29, 1.82) is 0 Å². The van der Waals surface area contributed by atoms with Gasteiger partial charge in [0.15, 0.2) is 11.5 Å². The first-order valence-corrected chi connectivity index (χ1v) is 17.7. The molecule has 0 N–H and O–H groups in total. The molecular weight excluding hydrogens is 645 g/mol. The van der Waals surface area contributed by atoms with Crippen molar-refractivity contribution in [1.82, 2.24) is 0 Å². The van der Waals surface area contributed by atoms with Gasteiger partial charge >= 0.3 is 11.9 Å². The fraction of sp³-hybridized carbons (Fsp3) is 0.174. The predicted octanol–water partition coefficient (Wildman–Crippen LogP) is 10.0. The van der Waals surface area contributed by atoms with Gasteiger partial charge in [-0.2, -0.15) is 0 Å². The van der Waals surface area contributed by atoms with Crippen LogP contribution in [0.1, 0.15) is 61.1 Å². The van der Waals surface area contributed by atoms with E-state index in [0.717, 1.165) is 33.9 Å². The van der Waals surface area contributed by atoms with Crippen molar-refractivity contribution in [3.8, 4) is 0 Å². The van der Waals surface area contributed by atoms with E-state index >= 15 is 0 Å². The average Bonchev–Trinajstić information content (AvgIpc) is 3.63. The number of hydrogen-bond donors (Lipinski definition) is 0. The van der Waals surface area contributed by atoms with Gasteiger partial charge in [0.2, 0.25) is 0 Å². The van der Waals surface area contributed by atoms with E-state index in [1.165, 1.54) is 32.7 Å². The molecule has 10 rings (SSSR count). The standard InChI is InChI=1S/C46H36N2O4/c1-45(2)31-23-27(17-19-33(31)47(5)35-21-15-25-11-7-9-13-29(25)39(35)45)37-41-42(52-43(37)49)38(44(50)51-41)28-18-20-34-32(24-28)46(3,4)40-30-14-10-8-12-26(30)16-22-36(40)48(34)6/h7-24H,1-6H3. The average molecular weight is 681 g/mol.